The van der Waals surface area contributed by atoms with Gasteiger partial charge in [0.15, 0.2) is 11.5 Å². The quantitative estimate of drug-likeness (QED) is 0.673. The van der Waals surface area contributed by atoms with Crippen LogP contribution in [0.4, 0.5) is 15.8 Å². The van der Waals surface area contributed by atoms with Crippen molar-refractivity contribution in [3.63, 3.8) is 0 Å². The Kier molecular flexibility index (Phi) is 7.01. The van der Waals surface area contributed by atoms with Crippen molar-refractivity contribution in [2.75, 3.05) is 31.0 Å². The van der Waals surface area contributed by atoms with Crippen LogP contribution in [0.5, 0.6) is 11.5 Å². The van der Waals surface area contributed by atoms with Crippen molar-refractivity contribution in [3.05, 3.63) is 47.8 Å². The lowest BCUT2D eigenvalue weighted by Crippen LogP contribution is -2.47. The summed E-state index contributed by atoms with van der Waals surface area (Å²) in [6, 6.07) is 10.0. The van der Waals surface area contributed by atoms with Crippen LogP contribution >= 0.6 is 0 Å². The molecule has 2 N–H and O–H groups in total. The molecule has 1 aliphatic carbocycles. The van der Waals surface area contributed by atoms with Crippen LogP contribution in [0.25, 0.3) is 0 Å². The van der Waals surface area contributed by atoms with E-state index in [4.69, 9.17) is 9.47 Å². The highest BCUT2D eigenvalue weighted by molar-refractivity contribution is 6.39. The maximum atomic E-state index is 14.8. The number of carbonyl (C=O) groups excluding carboxylic acids is 2. The summed E-state index contributed by atoms with van der Waals surface area (Å²) in [7, 11) is 3.47. The average Bonchev–Trinajstić information content (AvgIpc) is 2.83. The number of nitrogens with zero attached hydrogens (tertiary/aromatic N) is 1. The predicted molar refractivity (Wildman–Crippen MR) is 124 cm³/mol. The fourth-order valence-corrected chi connectivity index (χ4v) is 4.62. The first-order chi connectivity index (χ1) is 16.0. The molecule has 1 atom stereocenters. The van der Waals surface area contributed by atoms with E-state index in [1.807, 2.05) is 30.1 Å². The summed E-state index contributed by atoms with van der Waals surface area (Å²) in [5.41, 5.74) is 1.63. The Morgan fingerprint density at radius 1 is 1.12 bits per heavy atom. The molecule has 2 aromatic carbocycles. The zero-order valence-electron chi connectivity index (χ0n) is 19.0. The van der Waals surface area contributed by atoms with Gasteiger partial charge in [0.25, 0.3) is 0 Å². The zero-order chi connectivity index (χ0) is 23.4. The van der Waals surface area contributed by atoms with Gasteiger partial charge in [-0.2, -0.15) is 0 Å². The van der Waals surface area contributed by atoms with Crippen LogP contribution in [0.15, 0.2) is 36.4 Å². The first-order valence-electron chi connectivity index (χ1n) is 11.4. The number of ether oxygens (including phenoxy) is 2. The normalized spacial score (nSPS) is 18.0. The predicted octanol–water partition coefficient (Wildman–Crippen LogP) is 3.66. The number of para-hydroxylation sites is 1. The number of benzene rings is 2. The SMILES string of the molecule is COc1cccc2c1OCC(NC(=O)C(=O)Nc1ccc(N(C)C3CCCCC3)c(F)c1)C2. The average molecular weight is 456 g/mol. The van der Waals surface area contributed by atoms with E-state index in [1.165, 1.54) is 12.5 Å². The molecule has 1 heterocycles. The van der Waals surface area contributed by atoms with Crippen LogP contribution in [0.1, 0.15) is 37.7 Å². The molecule has 0 saturated heterocycles. The molecule has 1 aliphatic heterocycles. The number of fused-ring (bicyclic) bond motifs is 1. The second-order valence-electron chi connectivity index (χ2n) is 8.66. The topological polar surface area (TPSA) is 79.9 Å². The Hall–Kier alpha value is -3.29. The van der Waals surface area contributed by atoms with Crippen LogP contribution in [-0.4, -0.2) is 44.7 Å². The third-order valence-corrected chi connectivity index (χ3v) is 6.42. The van der Waals surface area contributed by atoms with E-state index in [0.29, 0.717) is 29.6 Å². The van der Waals surface area contributed by atoms with E-state index >= 15 is 0 Å². The van der Waals surface area contributed by atoms with Crippen molar-refractivity contribution >= 4 is 23.2 Å². The minimum Gasteiger partial charge on any atom is -0.493 e. The molecule has 7 nitrogen and oxygen atoms in total. The Bertz CT molecular complexity index is 1020. The van der Waals surface area contributed by atoms with E-state index < -0.39 is 17.6 Å². The molecule has 176 valence electrons. The number of methoxy groups -OCH3 is 1. The van der Waals surface area contributed by atoms with Gasteiger partial charge in [-0.05, 0) is 43.5 Å². The molecule has 2 amide bonds. The Morgan fingerprint density at radius 2 is 1.91 bits per heavy atom. The molecule has 8 heteroatoms. The molecule has 2 aliphatic rings. The van der Waals surface area contributed by atoms with Crippen molar-refractivity contribution in [3.8, 4) is 11.5 Å². The largest absolute Gasteiger partial charge is 0.493 e. The molecule has 0 spiro atoms. The summed E-state index contributed by atoms with van der Waals surface area (Å²) < 4.78 is 25.8. The number of hydrogen-bond acceptors (Lipinski definition) is 5. The number of amides is 2. The second-order valence-corrected chi connectivity index (χ2v) is 8.66. The number of halogens is 1. The minimum absolute atomic E-state index is 0.225. The fraction of sp³-hybridized carbons (Fsp3) is 0.440. The van der Waals surface area contributed by atoms with Gasteiger partial charge in [-0.3, -0.25) is 9.59 Å². The van der Waals surface area contributed by atoms with E-state index in [2.05, 4.69) is 10.6 Å². The van der Waals surface area contributed by atoms with Gasteiger partial charge in [-0.1, -0.05) is 31.4 Å². The molecule has 0 aromatic heterocycles. The summed E-state index contributed by atoms with van der Waals surface area (Å²) >= 11 is 0. The minimum atomic E-state index is -0.848. The van der Waals surface area contributed by atoms with Gasteiger partial charge >= 0.3 is 11.8 Å². The number of carbonyl (C=O) groups is 2. The van der Waals surface area contributed by atoms with E-state index in [9.17, 15) is 14.0 Å². The number of nitrogens with one attached hydrogen (secondary N) is 2. The van der Waals surface area contributed by atoms with Crippen molar-refractivity contribution in [2.24, 2.45) is 0 Å². The summed E-state index contributed by atoms with van der Waals surface area (Å²) in [5.74, 6) is -0.774. The number of rotatable bonds is 5. The van der Waals surface area contributed by atoms with Gasteiger partial charge in [0.2, 0.25) is 0 Å². The zero-order valence-corrected chi connectivity index (χ0v) is 19.0. The highest BCUT2D eigenvalue weighted by atomic mass is 19.1. The lowest BCUT2D eigenvalue weighted by Gasteiger charge is -2.33. The summed E-state index contributed by atoms with van der Waals surface area (Å²) in [6.07, 6.45) is 6.17. The molecule has 1 fully saturated rings. The van der Waals surface area contributed by atoms with E-state index in [1.54, 1.807) is 19.2 Å². The number of anilines is 2. The fourth-order valence-electron chi connectivity index (χ4n) is 4.62. The summed E-state index contributed by atoms with van der Waals surface area (Å²) in [6.45, 7) is 0.225. The Labute approximate surface area is 193 Å². The molecule has 0 radical (unpaired) electrons. The lowest BCUT2D eigenvalue weighted by molar-refractivity contribution is -0.136. The summed E-state index contributed by atoms with van der Waals surface area (Å²) in [4.78, 5) is 26.8. The molecule has 2 aromatic rings. The van der Waals surface area contributed by atoms with Crippen molar-refractivity contribution in [2.45, 2.75) is 50.6 Å². The van der Waals surface area contributed by atoms with Crippen molar-refractivity contribution in [1.82, 2.24) is 5.32 Å². The van der Waals surface area contributed by atoms with Crippen molar-refractivity contribution < 1.29 is 23.5 Å². The van der Waals surface area contributed by atoms with Gasteiger partial charge in [-0.15, -0.1) is 0 Å². The Balaban J connectivity index is 1.34. The second kappa shape index (κ2) is 10.1. The third kappa shape index (κ3) is 5.21. The summed E-state index contributed by atoms with van der Waals surface area (Å²) in [5, 5.41) is 5.17. The lowest BCUT2D eigenvalue weighted by atomic mass is 9.94. The van der Waals surface area contributed by atoms with Crippen LogP contribution in [0, 0.1) is 5.82 Å². The van der Waals surface area contributed by atoms with Gasteiger partial charge in [-0.25, -0.2) is 4.39 Å². The van der Waals surface area contributed by atoms with Crippen LogP contribution in [0.2, 0.25) is 0 Å². The van der Waals surface area contributed by atoms with Crippen LogP contribution in [0.3, 0.4) is 0 Å². The van der Waals surface area contributed by atoms with Gasteiger partial charge < -0.3 is 25.0 Å². The monoisotopic (exact) mass is 455 g/mol. The molecule has 1 saturated carbocycles. The maximum absolute atomic E-state index is 14.8. The molecule has 33 heavy (non-hydrogen) atoms. The molecule has 1 unspecified atom stereocenters. The maximum Gasteiger partial charge on any atom is 0.313 e. The highest BCUT2D eigenvalue weighted by Gasteiger charge is 2.26. The van der Waals surface area contributed by atoms with Crippen LogP contribution < -0.4 is 25.0 Å². The van der Waals surface area contributed by atoms with E-state index in [-0.39, 0.29) is 18.3 Å². The van der Waals surface area contributed by atoms with Crippen LogP contribution in [-0.2, 0) is 16.0 Å². The van der Waals surface area contributed by atoms with Gasteiger partial charge in [0.05, 0.1) is 18.8 Å². The molecule has 0 bridgehead atoms. The van der Waals surface area contributed by atoms with Crippen molar-refractivity contribution in [1.29, 1.82) is 0 Å². The number of hydrogen-bond donors (Lipinski definition) is 2. The van der Waals surface area contributed by atoms with Gasteiger partial charge in [0.1, 0.15) is 12.4 Å². The first kappa shape index (κ1) is 22.9. The van der Waals surface area contributed by atoms with E-state index in [0.717, 1.165) is 31.2 Å². The van der Waals surface area contributed by atoms with Gasteiger partial charge in [0, 0.05) is 24.3 Å². The molecular formula is C25H30FN3O4. The molecular weight excluding hydrogens is 425 g/mol. The Morgan fingerprint density at radius 3 is 2.64 bits per heavy atom. The standard InChI is InChI=1S/C25H30FN3O4/c1-29(19-8-4-3-5-9-19)21-12-11-17(14-20(21)26)27-24(30)25(31)28-18-13-16-7-6-10-22(32-2)23(16)33-15-18/h6-7,10-12,14,18-19H,3-5,8-9,13,15H2,1-2H3,(H,27,30)(H,28,31). The smallest absolute Gasteiger partial charge is 0.313 e. The third-order valence-electron chi connectivity index (χ3n) is 6.42. The highest BCUT2D eigenvalue weighted by Crippen LogP contribution is 2.34. The molecule has 4 rings (SSSR count). The first-order valence-corrected chi connectivity index (χ1v) is 11.4.